The molecule has 4 rings (SSSR count). The summed E-state index contributed by atoms with van der Waals surface area (Å²) in [6.45, 7) is 5.62. The van der Waals surface area contributed by atoms with Gasteiger partial charge in [0.05, 0.1) is 11.4 Å². The number of fused-ring (bicyclic) bond motifs is 1. The predicted molar refractivity (Wildman–Crippen MR) is 118 cm³/mol. The van der Waals surface area contributed by atoms with Gasteiger partial charge in [-0.15, -0.1) is 0 Å². The molecule has 31 heavy (non-hydrogen) atoms. The van der Waals surface area contributed by atoms with E-state index in [2.05, 4.69) is 25.3 Å². The van der Waals surface area contributed by atoms with E-state index >= 15 is 0 Å². The number of aryl methyl sites for hydroxylation is 1. The largest absolute Gasteiger partial charge is 0.361 e. The first-order valence-electron chi connectivity index (χ1n) is 10.1. The van der Waals surface area contributed by atoms with Crippen LogP contribution in [-0.4, -0.2) is 38.7 Å². The van der Waals surface area contributed by atoms with Crippen molar-refractivity contribution >= 4 is 38.4 Å². The van der Waals surface area contributed by atoms with Gasteiger partial charge in [-0.2, -0.15) is 4.98 Å². The van der Waals surface area contributed by atoms with Crippen LogP contribution in [0.25, 0.3) is 11.2 Å². The van der Waals surface area contributed by atoms with Crippen molar-refractivity contribution in [3.8, 4) is 0 Å². The third kappa shape index (κ3) is 4.27. The SMILES string of the molecule is CCS(=O)(=O)c1ccc(CNc2nc3c(C)nc(Cl)nc3n([C@@H](C)C3CC3)c2=O)cn1. The molecule has 3 aromatic rings. The number of hydrogen-bond acceptors (Lipinski definition) is 8. The highest BCUT2D eigenvalue weighted by atomic mass is 35.5. The maximum atomic E-state index is 13.3. The molecule has 1 N–H and O–H groups in total. The van der Waals surface area contributed by atoms with E-state index < -0.39 is 9.84 Å². The molecule has 3 heterocycles. The third-order valence-electron chi connectivity index (χ3n) is 5.55. The minimum Gasteiger partial charge on any atom is -0.361 e. The van der Waals surface area contributed by atoms with Gasteiger partial charge in [0.25, 0.3) is 5.56 Å². The quantitative estimate of drug-likeness (QED) is 0.532. The molecule has 0 bridgehead atoms. The van der Waals surface area contributed by atoms with Crippen LogP contribution in [0.5, 0.6) is 0 Å². The van der Waals surface area contributed by atoms with Crippen molar-refractivity contribution in [1.82, 2.24) is 24.5 Å². The second-order valence-electron chi connectivity index (χ2n) is 7.73. The van der Waals surface area contributed by atoms with Gasteiger partial charge in [0.15, 0.2) is 26.3 Å². The Morgan fingerprint density at radius 1 is 1.26 bits per heavy atom. The fourth-order valence-electron chi connectivity index (χ4n) is 3.50. The van der Waals surface area contributed by atoms with Crippen LogP contribution >= 0.6 is 11.6 Å². The molecule has 0 radical (unpaired) electrons. The number of hydrogen-bond donors (Lipinski definition) is 1. The van der Waals surface area contributed by atoms with E-state index in [1.165, 1.54) is 12.3 Å². The van der Waals surface area contributed by atoms with Crippen molar-refractivity contribution < 1.29 is 8.42 Å². The normalized spacial score (nSPS) is 15.2. The average molecular weight is 463 g/mol. The van der Waals surface area contributed by atoms with Crippen molar-refractivity contribution in [3.63, 3.8) is 0 Å². The van der Waals surface area contributed by atoms with Gasteiger partial charge in [-0.05, 0) is 55.8 Å². The summed E-state index contributed by atoms with van der Waals surface area (Å²) in [4.78, 5) is 30.2. The minimum atomic E-state index is -3.36. The van der Waals surface area contributed by atoms with Gasteiger partial charge in [0.1, 0.15) is 5.52 Å². The Hall–Kier alpha value is -2.59. The van der Waals surface area contributed by atoms with Crippen LogP contribution in [0.4, 0.5) is 5.82 Å². The zero-order valence-corrected chi connectivity index (χ0v) is 19.0. The van der Waals surface area contributed by atoms with E-state index in [1.807, 2.05) is 6.92 Å². The summed E-state index contributed by atoms with van der Waals surface area (Å²) >= 11 is 6.05. The van der Waals surface area contributed by atoms with Gasteiger partial charge in [-0.3, -0.25) is 9.36 Å². The molecule has 1 atom stereocenters. The molecular formula is C20H23ClN6O3S. The molecule has 1 aliphatic rings. The van der Waals surface area contributed by atoms with Crippen LogP contribution in [0.1, 0.15) is 44.0 Å². The smallest absolute Gasteiger partial charge is 0.295 e. The Morgan fingerprint density at radius 2 is 2.00 bits per heavy atom. The van der Waals surface area contributed by atoms with Crippen molar-refractivity contribution in [2.45, 2.75) is 51.2 Å². The van der Waals surface area contributed by atoms with Crippen LogP contribution in [-0.2, 0) is 16.4 Å². The molecule has 0 aliphatic heterocycles. The van der Waals surface area contributed by atoms with E-state index in [0.717, 1.165) is 18.4 Å². The molecule has 164 valence electrons. The summed E-state index contributed by atoms with van der Waals surface area (Å²) < 4.78 is 25.5. The second-order valence-corrected chi connectivity index (χ2v) is 10.3. The number of sulfone groups is 1. The summed E-state index contributed by atoms with van der Waals surface area (Å²) in [5.74, 6) is 0.588. The maximum absolute atomic E-state index is 13.3. The first kappa shape index (κ1) is 21.6. The lowest BCUT2D eigenvalue weighted by atomic mass is 10.2. The van der Waals surface area contributed by atoms with Crippen molar-refractivity contribution in [3.05, 3.63) is 45.2 Å². The average Bonchev–Trinajstić information content (AvgIpc) is 3.58. The number of pyridine rings is 1. The lowest BCUT2D eigenvalue weighted by molar-refractivity contribution is 0.482. The van der Waals surface area contributed by atoms with Gasteiger partial charge < -0.3 is 5.32 Å². The molecule has 1 fully saturated rings. The van der Waals surface area contributed by atoms with Gasteiger partial charge in [-0.1, -0.05) is 13.0 Å². The number of aromatic nitrogens is 5. The van der Waals surface area contributed by atoms with Crippen molar-refractivity contribution in [2.24, 2.45) is 5.92 Å². The van der Waals surface area contributed by atoms with Crippen LogP contribution in [0.15, 0.2) is 28.2 Å². The van der Waals surface area contributed by atoms with Crippen LogP contribution in [0.2, 0.25) is 5.28 Å². The van der Waals surface area contributed by atoms with Crippen LogP contribution in [0, 0.1) is 12.8 Å². The van der Waals surface area contributed by atoms with E-state index in [-0.39, 0.29) is 40.0 Å². The molecule has 1 saturated carbocycles. The highest BCUT2D eigenvalue weighted by Crippen LogP contribution is 2.39. The summed E-state index contributed by atoms with van der Waals surface area (Å²) in [7, 11) is -3.36. The molecule has 11 heteroatoms. The molecular weight excluding hydrogens is 440 g/mol. The molecule has 0 unspecified atom stereocenters. The molecule has 1 aliphatic carbocycles. The van der Waals surface area contributed by atoms with E-state index in [9.17, 15) is 13.2 Å². The predicted octanol–water partition coefficient (Wildman–Crippen LogP) is 2.92. The maximum Gasteiger partial charge on any atom is 0.295 e. The van der Waals surface area contributed by atoms with Gasteiger partial charge >= 0.3 is 0 Å². The first-order valence-corrected chi connectivity index (χ1v) is 12.1. The van der Waals surface area contributed by atoms with Crippen molar-refractivity contribution in [2.75, 3.05) is 11.1 Å². The van der Waals surface area contributed by atoms with Crippen molar-refractivity contribution in [1.29, 1.82) is 0 Å². The molecule has 0 spiro atoms. The Kier molecular flexibility index (Phi) is 5.69. The Labute approximate surface area is 184 Å². The summed E-state index contributed by atoms with van der Waals surface area (Å²) in [6.07, 6.45) is 3.61. The first-order chi connectivity index (χ1) is 14.7. The number of halogens is 1. The standard InChI is InChI=1S/C20H23ClN6O3S/c1-4-31(29,30)15-8-5-13(9-22-15)10-23-17-19(28)27(12(3)14-6-7-14)18-16(25-17)11(2)24-20(21)26-18/h5,8-9,12,14H,4,6-7,10H2,1-3H3,(H,23,25)/t12-/m0/s1. The number of anilines is 1. The monoisotopic (exact) mass is 462 g/mol. The Balaban J connectivity index is 1.69. The Bertz CT molecular complexity index is 1300. The molecule has 0 aromatic carbocycles. The fourth-order valence-corrected chi connectivity index (χ4v) is 4.49. The van der Waals surface area contributed by atoms with E-state index in [4.69, 9.17) is 11.6 Å². The fraction of sp³-hybridized carbons (Fsp3) is 0.450. The second kappa shape index (κ2) is 8.16. The molecule has 3 aromatic heterocycles. The van der Waals surface area contributed by atoms with E-state index in [0.29, 0.717) is 22.8 Å². The van der Waals surface area contributed by atoms with Crippen LogP contribution < -0.4 is 10.9 Å². The van der Waals surface area contributed by atoms with Gasteiger partial charge in [-0.25, -0.2) is 23.4 Å². The highest BCUT2D eigenvalue weighted by Gasteiger charge is 2.32. The lowest BCUT2D eigenvalue weighted by Crippen LogP contribution is -2.29. The summed E-state index contributed by atoms with van der Waals surface area (Å²) in [5, 5.41) is 3.18. The molecule has 0 amide bonds. The highest BCUT2D eigenvalue weighted by molar-refractivity contribution is 7.91. The Morgan fingerprint density at radius 3 is 2.61 bits per heavy atom. The summed E-state index contributed by atoms with van der Waals surface area (Å²) in [6, 6.07) is 3.10. The van der Waals surface area contributed by atoms with Crippen LogP contribution in [0.3, 0.4) is 0 Å². The lowest BCUT2D eigenvalue weighted by Gasteiger charge is -2.18. The third-order valence-corrected chi connectivity index (χ3v) is 7.36. The van der Waals surface area contributed by atoms with E-state index in [1.54, 1.807) is 24.5 Å². The number of nitrogens with one attached hydrogen (secondary N) is 1. The summed E-state index contributed by atoms with van der Waals surface area (Å²) in [5.41, 5.74) is 1.98. The number of nitrogens with zero attached hydrogens (tertiary/aromatic N) is 5. The molecule has 9 nitrogen and oxygen atoms in total. The van der Waals surface area contributed by atoms with Gasteiger partial charge in [0.2, 0.25) is 5.28 Å². The zero-order chi connectivity index (χ0) is 22.3. The minimum absolute atomic E-state index is 0.0111. The van der Waals surface area contributed by atoms with Gasteiger partial charge in [0, 0.05) is 18.8 Å². The topological polar surface area (TPSA) is 120 Å². The zero-order valence-electron chi connectivity index (χ0n) is 17.5. The number of rotatable bonds is 7. The molecule has 0 saturated heterocycles.